The first-order valence-corrected chi connectivity index (χ1v) is 7.03. The van der Waals surface area contributed by atoms with Gasteiger partial charge in [-0.3, -0.25) is 4.79 Å². The lowest BCUT2D eigenvalue weighted by molar-refractivity contribution is -0.138. The van der Waals surface area contributed by atoms with E-state index in [1.54, 1.807) is 11.0 Å². The van der Waals surface area contributed by atoms with Crippen molar-refractivity contribution in [2.24, 2.45) is 0 Å². The first-order valence-electron chi connectivity index (χ1n) is 7.03. The summed E-state index contributed by atoms with van der Waals surface area (Å²) in [5.74, 6) is 0.0107. The Hall–Kier alpha value is -1.56. The molecule has 0 aliphatic carbocycles. The summed E-state index contributed by atoms with van der Waals surface area (Å²) >= 11 is 0. The van der Waals surface area contributed by atoms with Crippen molar-refractivity contribution >= 4 is 5.91 Å². The van der Waals surface area contributed by atoms with E-state index in [-0.39, 0.29) is 24.4 Å². The lowest BCUT2D eigenvalue weighted by Crippen LogP contribution is -2.32. The molecular weight excluding hydrogens is 281 g/mol. The van der Waals surface area contributed by atoms with Crippen LogP contribution in [0.3, 0.4) is 0 Å². The van der Waals surface area contributed by atoms with E-state index in [2.05, 4.69) is 5.32 Å². The lowest BCUT2D eigenvalue weighted by atomic mass is 10.1. The Kier molecular flexibility index (Phi) is 6.68. The summed E-state index contributed by atoms with van der Waals surface area (Å²) < 4.78 is 38.4. The molecule has 1 aromatic rings. The Morgan fingerprint density at radius 1 is 1.19 bits per heavy atom. The van der Waals surface area contributed by atoms with Gasteiger partial charge in [0.2, 0.25) is 5.91 Å². The van der Waals surface area contributed by atoms with E-state index in [1.165, 1.54) is 12.1 Å². The molecule has 0 aliphatic rings. The third-order valence-corrected chi connectivity index (χ3v) is 3.27. The Morgan fingerprint density at radius 2 is 1.81 bits per heavy atom. The summed E-state index contributed by atoms with van der Waals surface area (Å²) in [6.07, 6.45) is -4.06. The molecular formula is C15H21F3N2O. The van der Waals surface area contributed by atoms with E-state index >= 15 is 0 Å². The summed E-state index contributed by atoms with van der Waals surface area (Å²) in [5, 5.41) is 2.90. The van der Waals surface area contributed by atoms with Crippen molar-refractivity contribution in [3.8, 4) is 0 Å². The average Bonchev–Trinajstić information content (AvgIpc) is 2.44. The Morgan fingerprint density at radius 3 is 2.38 bits per heavy atom. The van der Waals surface area contributed by atoms with E-state index < -0.39 is 11.7 Å². The maximum absolute atomic E-state index is 12.8. The van der Waals surface area contributed by atoms with Crippen LogP contribution in [0.4, 0.5) is 13.2 Å². The van der Waals surface area contributed by atoms with Gasteiger partial charge in [0.1, 0.15) is 0 Å². The minimum atomic E-state index is -4.35. The first kappa shape index (κ1) is 17.5. The van der Waals surface area contributed by atoms with Gasteiger partial charge in [-0.15, -0.1) is 0 Å². The maximum Gasteiger partial charge on any atom is 0.416 e. The van der Waals surface area contributed by atoms with E-state index in [1.807, 2.05) is 13.8 Å². The Balaban J connectivity index is 2.49. The van der Waals surface area contributed by atoms with Gasteiger partial charge in [0.25, 0.3) is 0 Å². The predicted molar refractivity (Wildman–Crippen MR) is 75.7 cm³/mol. The van der Waals surface area contributed by atoms with Crippen LogP contribution in [0.2, 0.25) is 0 Å². The molecule has 21 heavy (non-hydrogen) atoms. The number of benzene rings is 1. The minimum absolute atomic E-state index is 0.0107. The number of amides is 1. The molecule has 0 bridgehead atoms. The molecule has 1 N–H and O–H groups in total. The molecule has 3 nitrogen and oxygen atoms in total. The molecule has 0 aromatic heterocycles. The molecule has 0 saturated carbocycles. The van der Waals surface area contributed by atoms with Gasteiger partial charge in [0.05, 0.1) is 5.56 Å². The molecule has 6 heteroatoms. The van der Waals surface area contributed by atoms with E-state index in [0.29, 0.717) is 19.6 Å². The summed E-state index contributed by atoms with van der Waals surface area (Å²) in [5.41, 5.74) is -0.437. The van der Waals surface area contributed by atoms with Crippen molar-refractivity contribution in [2.45, 2.75) is 33.0 Å². The summed E-state index contributed by atoms with van der Waals surface area (Å²) in [6, 6.07) is 5.46. The summed E-state index contributed by atoms with van der Waals surface area (Å²) in [4.78, 5) is 13.4. The van der Waals surface area contributed by atoms with Crippen LogP contribution >= 0.6 is 0 Å². The molecule has 1 aromatic carbocycles. The van der Waals surface area contributed by atoms with Gasteiger partial charge in [0.15, 0.2) is 0 Å². The second-order valence-electron chi connectivity index (χ2n) is 4.65. The van der Waals surface area contributed by atoms with Crippen molar-refractivity contribution in [1.29, 1.82) is 0 Å². The molecule has 118 valence electrons. The number of rotatable bonds is 7. The van der Waals surface area contributed by atoms with Crippen molar-refractivity contribution in [3.05, 3.63) is 35.4 Å². The summed E-state index contributed by atoms with van der Waals surface area (Å²) in [6.45, 7) is 5.55. The zero-order valence-electron chi connectivity index (χ0n) is 12.3. The van der Waals surface area contributed by atoms with Crippen LogP contribution in [0, 0.1) is 0 Å². The third kappa shape index (κ3) is 5.38. The first-order chi connectivity index (χ1) is 9.90. The van der Waals surface area contributed by atoms with Crippen LogP contribution in [0.25, 0.3) is 0 Å². The molecule has 0 heterocycles. The molecule has 0 saturated heterocycles. The molecule has 0 radical (unpaired) electrons. The largest absolute Gasteiger partial charge is 0.416 e. The van der Waals surface area contributed by atoms with E-state index in [9.17, 15) is 18.0 Å². The highest BCUT2D eigenvalue weighted by Gasteiger charge is 2.32. The molecule has 0 spiro atoms. The SMILES string of the molecule is CCN(CC)C(=O)CCNCc1ccccc1C(F)(F)F. The highest BCUT2D eigenvalue weighted by atomic mass is 19.4. The smallest absolute Gasteiger partial charge is 0.343 e. The van der Waals surface area contributed by atoms with Crippen LogP contribution < -0.4 is 5.32 Å². The van der Waals surface area contributed by atoms with Crippen molar-refractivity contribution in [1.82, 2.24) is 10.2 Å². The second-order valence-corrected chi connectivity index (χ2v) is 4.65. The van der Waals surface area contributed by atoms with Crippen molar-refractivity contribution in [3.63, 3.8) is 0 Å². The number of carbonyl (C=O) groups is 1. The number of nitrogens with one attached hydrogen (secondary N) is 1. The third-order valence-electron chi connectivity index (χ3n) is 3.27. The predicted octanol–water partition coefficient (Wildman–Crippen LogP) is 3.05. The molecule has 0 unspecified atom stereocenters. The molecule has 1 amide bonds. The number of nitrogens with zero attached hydrogens (tertiary/aromatic N) is 1. The fourth-order valence-electron chi connectivity index (χ4n) is 2.10. The fraction of sp³-hybridized carbons (Fsp3) is 0.533. The van der Waals surface area contributed by atoms with Crippen LogP contribution in [-0.4, -0.2) is 30.4 Å². The van der Waals surface area contributed by atoms with Crippen LogP contribution in [0.1, 0.15) is 31.4 Å². The maximum atomic E-state index is 12.8. The summed E-state index contributed by atoms with van der Waals surface area (Å²) in [7, 11) is 0. The van der Waals surface area contributed by atoms with Crippen LogP contribution in [0.5, 0.6) is 0 Å². The van der Waals surface area contributed by atoms with Gasteiger partial charge in [-0.25, -0.2) is 0 Å². The van der Waals surface area contributed by atoms with Gasteiger partial charge in [-0.2, -0.15) is 13.2 Å². The minimum Gasteiger partial charge on any atom is -0.343 e. The number of alkyl halides is 3. The molecule has 0 atom stereocenters. The monoisotopic (exact) mass is 302 g/mol. The van der Waals surface area contributed by atoms with E-state index in [0.717, 1.165) is 6.07 Å². The van der Waals surface area contributed by atoms with Crippen LogP contribution in [0.15, 0.2) is 24.3 Å². The van der Waals surface area contributed by atoms with Crippen molar-refractivity contribution < 1.29 is 18.0 Å². The van der Waals surface area contributed by atoms with Gasteiger partial charge in [0, 0.05) is 32.6 Å². The zero-order valence-corrected chi connectivity index (χ0v) is 12.3. The Bertz CT molecular complexity index is 456. The quantitative estimate of drug-likeness (QED) is 0.785. The fourth-order valence-corrected chi connectivity index (χ4v) is 2.10. The average molecular weight is 302 g/mol. The number of hydrogen-bond donors (Lipinski definition) is 1. The second kappa shape index (κ2) is 8.02. The Labute approximate surface area is 123 Å². The molecule has 1 rings (SSSR count). The molecule has 0 fully saturated rings. The highest BCUT2D eigenvalue weighted by Crippen LogP contribution is 2.31. The lowest BCUT2D eigenvalue weighted by Gasteiger charge is -2.18. The van der Waals surface area contributed by atoms with E-state index in [4.69, 9.17) is 0 Å². The normalized spacial score (nSPS) is 11.5. The standard InChI is InChI=1S/C15H21F3N2O/c1-3-20(4-2)14(21)9-10-19-11-12-7-5-6-8-13(12)15(16,17)18/h5-8,19H,3-4,9-11H2,1-2H3. The van der Waals surface area contributed by atoms with Crippen LogP contribution in [-0.2, 0) is 17.5 Å². The van der Waals surface area contributed by atoms with Gasteiger partial charge >= 0.3 is 6.18 Å². The number of hydrogen-bond acceptors (Lipinski definition) is 2. The number of halogens is 3. The van der Waals surface area contributed by atoms with Gasteiger partial charge in [-0.05, 0) is 25.5 Å². The highest BCUT2D eigenvalue weighted by molar-refractivity contribution is 5.76. The zero-order chi connectivity index (χ0) is 15.9. The number of carbonyl (C=O) groups excluding carboxylic acids is 1. The van der Waals surface area contributed by atoms with Crippen molar-refractivity contribution in [2.75, 3.05) is 19.6 Å². The molecule has 0 aliphatic heterocycles. The topological polar surface area (TPSA) is 32.3 Å². The van der Waals surface area contributed by atoms with Gasteiger partial charge in [-0.1, -0.05) is 18.2 Å². The van der Waals surface area contributed by atoms with Gasteiger partial charge < -0.3 is 10.2 Å².